The molecule has 0 aliphatic carbocycles. The number of benzene rings is 1. The molecule has 2 aromatic rings. The molecule has 0 radical (unpaired) electrons. The molecule has 2 heterocycles. The van der Waals surface area contributed by atoms with Crippen molar-refractivity contribution >= 4 is 17.0 Å². The third-order valence-electron chi connectivity index (χ3n) is 3.87. The quantitative estimate of drug-likeness (QED) is 0.883. The Morgan fingerprint density at radius 2 is 2.24 bits per heavy atom. The summed E-state index contributed by atoms with van der Waals surface area (Å²) >= 11 is 0. The van der Waals surface area contributed by atoms with Crippen LogP contribution in [0.3, 0.4) is 0 Å². The third kappa shape index (κ3) is 3.19. The van der Waals surface area contributed by atoms with Crippen LogP contribution in [0.15, 0.2) is 24.4 Å². The molecule has 0 spiro atoms. The molecule has 1 aromatic carbocycles. The predicted octanol–water partition coefficient (Wildman–Crippen LogP) is 1.92. The van der Waals surface area contributed by atoms with E-state index in [1.807, 2.05) is 0 Å². The molecule has 1 fully saturated rings. The highest BCUT2D eigenvalue weighted by Crippen LogP contribution is 2.22. The number of hydrogen-bond donors (Lipinski definition) is 2. The minimum absolute atomic E-state index is 0.0564. The molecule has 112 valence electrons. The number of aromatic nitrogens is 1. The molecular formula is C16H21N3O2. The van der Waals surface area contributed by atoms with Gasteiger partial charge < -0.3 is 19.9 Å². The highest BCUT2D eigenvalue weighted by molar-refractivity contribution is 5.84. The van der Waals surface area contributed by atoms with Crippen molar-refractivity contribution in [2.24, 2.45) is 0 Å². The van der Waals surface area contributed by atoms with E-state index in [1.165, 1.54) is 16.5 Å². The normalized spacial score (nSPS) is 18.2. The van der Waals surface area contributed by atoms with Crippen molar-refractivity contribution in [2.45, 2.75) is 18.9 Å². The standard InChI is InChI=1S/C16H21N3O2/c1-19(2)6-5-12-9-17-15-4-3-11(8-14(12)15)7-13-10-18-16(20)21-13/h3-4,8-9,13,17H,5-7,10H2,1-2H3,(H,18,20). The number of ether oxygens (including phenoxy) is 1. The number of H-pyrrole nitrogens is 1. The maximum Gasteiger partial charge on any atom is 0.407 e. The van der Waals surface area contributed by atoms with Crippen molar-refractivity contribution in [2.75, 3.05) is 27.2 Å². The highest BCUT2D eigenvalue weighted by Gasteiger charge is 2.22. The number of carbonyl (C=O) groups excluding carboxylic acids is 1. The van der Waals surface area contributed by atoms with E-state index in [4.69, 9.17) is 4.74 Å². The summed E-state index contributed by atoms with van der Waals surface area (Å²) in [5.41, 5.74) is 3.70. The van der Waals surface area contributed by atoms with Crippen molar-refractivity contribution < 1.29 is 9.53 Å². The lowest BCUT2D eigenvalue weighted by molar-refractivity contribution is 0.140. The van der Waals surface area contributed by atoms with E-state index >= 15 is 0 Å². The zero-order chi connectivity index (χ0) is 14.8. The summed E-state index contributed by atoms with van der Waals surface area (Å²) in [7, 11) is 4.17. The van der Waals surface area contributed by atoms with Crippen molar-refractivity contribution in [1.29, 1.82) is 0 Å². The molecule has 3 rings (SSSR count). The molecule has 0 saturated carbocycles. The Morgan fingerprint density at radius 1 is 1.38 bits per heavy atom. The average molecular weight is 287 g/mol. The summed E-state index contributed by atoms with van der Waals surface area (Å²) in [6.07, 6.45) is 3.51. The Balaban J connectivity index is 1.77. The summed E-state index contributed by atoms with van der Waals surface area (Å²) in [5, 5.41) is 3.96. The van der Waals surface area contributed by atoms with Gasteiger partial charge in [0, 0.05) is 30.1 Å². The lowest BCUT2D eigenvalue weighted by Crippen LogP contribution is -2.16. The molecular weight excluding hydrogens is 266 g/mol. The molecule has 1 unspecified atom stereocenters. The Morgan fingerprint density at radius 3 is 2.95 bits per heavy atom. The number of aromatic amines is 1. The fourth-order valence-electron chi connectivity index (χ4n) is 2.71. The van der Waals surface area contributed by atoms with Crippen LogP contribution in [0.2, 0.25) is 0 Å². The molecule has 1 atom stereocenters. The lowest BCUT2D eigenvalue weighted by atomic mass is 10.0. The zero-order valence-electron chi connectivity index (χ0n) is 12.5. The number of carbonyl (C=O) groups is 1. The second-order valence-corrected chi connectivity index (χ2v) is 5.86. The number of nitrogens with zero attached hydrogens (tertiary/aromatic N) is 1. The second-order valence-electron chi connectivity index (χ2n) is 5.86. The topological polar surface area (TPSA) is 57.4 Å². The van der Waals surface area contributed by atoms with E-state index in [1.54, 1.807) is 0 Å². The molecule has 21 heavy (non-hydrogen) atoms. The van der Waals surface area contributed by atoms with Gasteiger partial charge >= 0.3 is 6.09 Å². The van der Waals surface area contributed by atoms with Gasteiger partial charge in [-0.3, -0.25) is 0 Å². The van der Waals surface area contributed by atoms with E-state index in [0.717, 1.165) is 24.9 Å². The summed E-state index contributed by atoms with van der Waals surface area (Å²) in [4.78, 5) is 16.6. The van der Waals surface area contributed by atoms with Crippen molar-refractivity contribution in [3.05, 3.63) is 35.5 Å². The summed E-state index contributed by atoms with van der Waals surface area (Å²) in [6, 6.07) is 6.41. The van der Waals surface area contributed by atoms with Crippen molar-refractivity contribution in [1.82, 2.24) is 15.2 Å². The van der Waals surface area contributed by atoms with E-state index in [9.17, 15) is 4.79 Å². The number of hydrogen-bond acceptors (Lipinski definition) is 3. The maximum absolute atomic E-state index is 11.1. The fraction of sp³-hybridized carbons (Fsp3) is 0.438. The molecule has 2 N–H and O–H groups in total. The van der Waals surface area contributed by atoms with Crippen LogP contribution in [0.25, 0.3) is 10.9 Å². The van der Waals surface area contributed by atoms with Crippen molar-refractivity contribution in [3.8, 4) is 0 Å². The van der Waals surface area contributed by atoms with Crippen LogP contribution in [0.5, 0.6) is 0 Å². The minimum Gasteiger partial charge on any atom is -0.444 e. The second kappa shape index (κ2) is 5.77. The van der Waals surface area contributed by atoms with Crippen LogP contribution in [0.1, 0.15) is 11.1 Å². The Bertz CT molecular complexity index is 648. The van der Waals surface area contributed by atoms with Gasteiger partial charge in [0.2, 0.25) is 0 Å². The molecule has 1 aromatic heterocycles. The van der Waals surface area contributed by atoms with Crippen LogP contribution in [-0.2, 0) is 17.6 Å². The number of alkyl carbamates (subject to hydrolysis) is 1. The number of nitrogens with one attached hydrogen (secondary N) is 2. The van der Waals surface area contributed by atoms with Crippen LogP contribution in [0, 0.1) is 0 Å². The van der Waals surface area contributed by atoms with Crippen LogP contribution in [0.4, 0.5) is 4.79 Å². The fourth-order valence-corrected chi connectivity index (χ4v) is 2.71. The number of fused-ring (bicyclic) bond motifs is 1. The Hall–Kier alpha value is -2.01. The summed E-state index contributed by atoms with van der Waals surface area (Å²) < 4.78 is 5.20. The van der Waals surface area contributed by atoms with Gasteiger partial charge in [-0.05, 0) is 43.8 Å². The van der Waals surface area contributed by atoms with E-state index in [0.29, 0.717) is 6.54 Å². The summed E-state index contributed by atoms with van der Waals surface area (Å²) in [6.45, 7) is 1.62. The van der Waals surface area contributed by atoms with Gasteiger partial charge in [-0.25, -0.2) is 4.79 Å². The van der Waals surface area contributed by atoms with Gasteiger partial charge in [0.05, 0.1) is 6.54 Å². The zero-order valence-corrected chi connectivity index (χ0v) is 12.5. The van der Waals surface area contributed by atoms with Crippen LogP contribution >= 0.6 is 0 Å². The Labute approximate surface area is 124 Å². The number of amides is 1. The minimum atomic E-state index is -0.311. The third-order valence-corrected chi connectivity index (χ3v) is 3.87. The van der Waals surface area contributed by atoms with E-state index < -0.39 is 0 Å². The van der Waals surface area contributed by atoms with Crippen LogP contribution in [-0.4, -0.2) is 49.3 Å². The first-order valence-electron chi connectivity index (χ1n) is 7.30. The van der Waals surface area contributed by atoms with E-state index in [-0.39, 0.29) is 12.2 Å². The molecule has 1 saturated heterocycles. The number of likely N-dealkylation sites (N-methyl/N-ethyl adjacent to an activating group) is 1. The van der Waals surface area contributed by atoms with Gasteiger partial charge in [0.15, 0.2) is 0 Å². The largest absolute Gasteiger partial charge is 0.444 e. The lowest BCUT2D eigenvalue weighted by Gasteiger charge is -2.10. The molecule has 5 heteroatoms. The highest BCUT2D eigenvalue weighted by atomic mass is 16.6. The van der Waals surface area contributed by atoms with E-state index in [2.05, 4.69) is 53.7 Å². The molecule has 5 nitrogen and oxygen atoms in total. The van der Waals surface area contributed by atoms with Crippen molar-refractivity contribution in [3.63, 3.8) is 0 Å². The molecule has 1 aliphatic rings. The first-order chi connectivity index (χ1) is 10.1. The monoisotopic (exact) mass is 287 g/mol. The molecule has 1 amide bonds. The predicted molar refractivity (Wildman–Crippen MR) is 82.5 cm³/mol. The smallest absolute Gasteiger partial charge is 0.407 e. The van der Waals surface area contributed by atoms with Gasteiger partial charge in [-0.1, -0.05) is 6.07 Å². The average Bonchev–Trinajstić information content (AvgIpc) is 3.03. The van der Waals surface area contributed by atoms with Gasteiger partial charge in [-0.15, -0.1) is 0 Å². The number of cyclic esters (lactones) is 1. The van der Waals surface area contributed by atoms with Gasteiger partial charge in [-0.2, -0.15) is 0 Å². The van der Waals surface area contributed by atoms with Gasteiger partial charge in [0.25, 0.3) is 0 Å². The Kier molecular flexibility index (Phi) is 3.84. The first-order valence-corrected chi connectivity index (χ1v) is 7.30. The SMILES string of the molecule is CN(C)CCc1c[nH]c2ccc(CC3CNC(=O)O3)cc12. The van der Waals surface area contributed by atoms with Gasteiger partial charge in [0.1, 0.15) is 6.10 Å². The van der Waals surface area contributed by atoms with Crippen LogP contribution < -0.4 is 5.32 Å². The first kappa shape index (κ1) is 13.9. The molecule has 0 bridgehead atoms. The maximum atomic E-state index is 11.1. The summed E-state index contributed by atoms with van der Waals surface area (Å²) in [5.74, 6) is 0. The molecule has 1 aliphatic heterocycles. The number of rotatable bonds is 5.